The summed E-state index contributed by atoms with van der Waals surface area (Å²) in [6.07, 6.45) is 0. The number of benzene rings is 7. The minimum Gasteiger partial charge on any atom is -0.307 e. The zero-order chi connectivity index (χ0) is 32.8. The highest BCUT2D eigenvalue weighted by atomic mass is 32.1. The van der Waals surface area contributed by atoms with Crippen molar-refractivity contribution in [3.63, 3.8) is 0 Å². The van der Waals surface area contributed by atoms with Crippen LogP contribution in [0.5, 0.6) is 0 Å². The average Bonchev–Trinajstić information content (AvgIpc) is 3.85. The predicted molar refractivity (Wildman–Crippen MR) is 209 cm³/mol. The molecule has 0 unspecified atom stereocenters. The minimum atomic E-state index is 0.652. The highest BCUT2D eigenvalue weighted by molar-refractivity contribution is 7.26. The van der Waals surface area contributed by atoms with E-state index < -0.39 is 0 Å². The Bertz CT molecular complexity index is 3030. The highest BCUT2D eigenvalue weighted by Crippen LogP contribution is 2.47. The summed E-state index contributed by atoms with van der Waals surface area (Å²) in [5.41, 5.74) is 9.03. The summed E-state index contributed by atoms with van der Waals surface area (Å²) >= 11 is 1.87. The second kappa shape index (κ2) is 10.5. The van der Waals surface area contributed by atoms with Gasteiger partial charge in [0, 0.05) is 58.4 Å². The zero-order valence-corrected chi connectivity index (χ0v) is 27.5. The number of para-hydroxylation sites is 2. The lowest BCUT2D eigenvalue weighted by atomic mass is 9.97. The molecule has 0 radical (unpaired) electrons. The lowest BCUT2D eigenvalue weighted by molar-refractivity contribution is 1.07. The van der Waals surface area contributed by atoms with Gasteiger partial charge in [0.05, 0.1) is 16.6 Å². The van der Waals surface area contributed by atoms with Crippen LogP contribution in [0.1, 0.15) is 0 Å². The van der Waals surface area contributed by atoms with Crippen molar-refractivity contribution in [3.8, 4) is 45.3 Å². The topological polar surface area (TPSA) is 43.1 Å². The van der Waals surface area contributed by atoms with E-state index in [1.54, 1.807) is 0 Å². The third-order valence-corrected chi connectivity index (χ3v) is 11.1. The molecule has 11 rings (SSSR count). The Morgan fingerprint density at radius 2 is 0.920 bits per heavy atom. The van der Waals surface area contributed by atoms with Crippen LogP contribution in [0, 0.1) is 0 Å². The van der Waals surface area contributed by atoms with Gasteiger partial charge in [-0.1, -0.05) is 133 Å². The summed E-state index contributed by atoms with van der Waals surface area (Å²) in [4.78, 5) is 15.0. The molecular formula is C45H26N4S. The van der Waals surface area contributed by atoms with Crippen molar-refractivity contribution in [1.29, 1.82) is 0 Å². The molecule has 0 amide bonds. The van der Waals surface area contributed by atoms with Crippen molar-refractivity contribution >= 4 is 69.6 Å². The molecule has 0 bridgehead atoms. The van der Waals surface area contributed by atoms with Gasteiger partial charge in [0.1, 0.15) is 0 Å². The van der Waals surface area contributed by atoms with Crippen LogP contribution in [0.4, 0.5) is 0 Å². The Balaban J connectivity index is 1.17. The van der Waals surface area contributed by atoms with Gasteiger partial charge in [-0.2, -0.15) is 0 Å². The molecule has 4 aromatic heterocycles. The molecule has 11 aromatic rings. The van der Waals surface area contributed by atoms with E-state index in [0.717, 1.165) is 22.3 Å². The largest absolute Gasteiger partial charge is 0.307 e. The van der Waals surface area contributed by atoms with Gasteiger partial charge in [-0.15, -0.1) is 11.3 Å². The van der Waals surface area contributed by atoms with Gasteiger partial charge in [-0.3, -0.25) is 0 Å². The maximum absolute atomic E-state index is 5.03. The van der Waals surface area contributed by atoms with Crippen molar-refractivity contribution in [2.45, 2.75) is 0 Å². The zero-order valence-electron chi connectivity index (χ0n) is 26.7. The van der Waals surface area contributed by atoms with E-state index in [9.17, 15) is 0 Å². The van der Waals surface area contributed by atoms with Crippen LogP contribution >= 0.6 is 11.3 Å². The van der Waals surface area contributed by atoms with Crippen LogP contribution in [-0.2, 0) is 0 Å². The van der Waals surface area contributed by atoms with Gasteiger partial charge >= 0.3 is 0 Å². The summed E-state index contributed by atoms with van der Waals surface area (Å²) in [5.74, 6) is 1.97. The summed E-state index contributed by atoms with van der Waals surface area (Å²) in [6.45, 7) is 0. The number of hydrogen-bond acceptors (Lipinski definition) is 4. The van der Waals surface area contributed by atoms with Gasteiger partial charge in [-0.05, 0) is 35.4 Å². The molecule has 50 heavy (non-hydrogen) atoms. The predicted octanol–water partition coefficient (Wildman–Crippen LogP) is 12.1. The Morgan fingerprint density at radius 3 is 1.68 bits per heavy atom. The standard InChI is InChI=1S/C45H26N4S/c1-3-12-27(13-4-1)43-46-44(28-14-5-2-6-15-28)48-45(47-43)30-17-9-16-29(26-30)31-19-11-23-37-39(31)40-38(50-37)25-24-35-34-21-10-20-33-32-18-7-8-22-36(32)49(41(33)34)42(35)40/h1-26H. The van der Waals surface area contributed by atoms with Gasteiger partial charge in [0.2, 0.25) is 0 Å². The fourth-order valence-corrected chi connectivity index (χ4v) is 8.95. The number of rotatable bonds is 4. The minimum absolute atomic E-state index is 0.652. The lowest BCUT2D eigenvalue weighted by Crippen LogP contribution is -2.00. The first-order valence-corrected chi connectivity index (χ1v) is 17.6. The molecule has 0 spiro atoms. The second-order valence-electron chi connectivity index (χ2n) is 12.8. The maximum Gasteiger partial charge on any atom is 0.164 e. The van der Waals surface area contributed by atoms with Crippen molar-refractivity contribution in [1.82, 2.24) is 19.4 Å². The van der Waals surface area contributed by atoms with Crippen molar-refractivity contribution in [3.05, 3.63) is 158 Å². The fourth-order valence-electron chi connectivity index (χ4n) is 7.81. The van der Waals surface area contributed by atoms with Gasteiger partial charge < -0.3 is 4.40 Å². The van der Waals surface area contributed by atoms with Crippen LogP contribution in [0.25, 0.3) is 104 Å². The fraction of sp³-hybridized carbons (Fsp3) is 0. The lowest BCUT2D eigenvalue weighted by Gasteiger charge is -2.10. The molecule has 232 valence electrons. The molecule has 4 nitrogen and oxygen atoms in total. The maximum atomic E-state index is 5.03. The van der Waals surface area contributed by atoms with E-state index in [-0.39, 0.29) is 0 Å². The molecule has 4 heterocycles. The van der Waals surface area contributed by atoms with Crippen molar-refractivity contribution in [2.75, 3.05) is 0 Å². The highest BCUT2D eigenvalue weighted by Gasteiger charge is 2.22. The molecule has 5 heteroatoms. The summed E-state index contributed by atoms with van der Waals surface area (Å²) in [6, 6.07) is 55.8. The number of fused-ring (bicyclic) bond motifs is 10. The Hall–Kier alpha value is -6.43. The molecule has 7 aromatic carbocycles. The monoisotopic (exact) mass is 654 g/mol. The van der Waals surface area contributed by atoms with Crippen LogP contribution in [0.2, 0.25) is 0 Å². The van der Waals surface area contributed by atoms with Crippen LogP contribution < -0.4 is 0 Å². The third kappa shape index (κ3) is 3.95. The van der Waals surface area contributed by atoms with E-state index >= 15 is 0 Å². The third-order valence-electron chi connectivity index (χ3n) is 9.98. The molecule has 0 aliphatic carbocycles. The van der Waals surface area contributed by atoms with Crippen LogP contribution in [0.15, 0.2) is 158 Å². The van der Waals surface area contributed by atoms with Gasteiger partial charge in [0.25, 0.3) is 0 Å². The molecule has 0 fully saturated rings. The molecule has 0 aliphatic heterocycles. The molecule has 0 N–H and O–H groups in total. The summed E-state index contributed by atoms with van der Waals surface area (Å²) < 4.78 is 5.08. The number of aromatic nitrogens is 4. The summed E-state index contributed by atoms with van der Waals surface area (Å²) in [5, 5.41) is 7.77. The molecule has 0 atom stereocenters. The van der Waals surface area contributed by atoms with E-state index in [4.69, 9.17) is 15.0 Å². The van der Waals surface area contributed by atoms with E-state index in [2.05, 4.69) is 101 Å². The Kier molecular flexibility index (Phi) is 5.80. The Morgan fingerprint density at radius 1 is 0.380 bits per heavy atom. The quantitative estimate of drug-likeness (QED) is 0.190. The number of hydrogen-bond donors (Lipinski definition) is 0. The molecule has 0 aliphatic rings. The summed E-state index contributed by atoms with van der Waals surface area (Å²) in [7, 11) is 0. The smallest absolute Gasteiger partial charge is 0.164 e. The van der Waals surface area contributed by atoms with E-state index in [1.807, 2.05) is 72.0 Å². The van der Waals surface area contributed by atoms with Crippen molar-refractivity contribution in [2.24, 2.45) is 0 Å². The SMILES string of the molecule is c1ccc(-c2nc(-c3ccccc3)nc(-c3cccc(-c4cccc5sc6ccc7c8cccc9c%10ccccc%10n(c98)c7c6c45)c3)n2)cc1. The second-order valence-corrected chi connectivity index (χ2v) is 13.9. The average molecular weight is 655 g/mol. The first-order chi connectivity index (χ1) is 24.8. The molecule has 0 saturated carbocycles. The number of thiophene rings is 1. The normalized spacial score (nSPS) is 12.0. The van der Waals surface area contributed by atoms with Gasteiger partial charge in [0.15, 0.2) is 17.5 Å². The van der Waals surface area contributed by atoms with Gasteiger partial charge in [-0.25, -0.2) is 15.0 Å². The van der Waals surface area contributed by atoms with Crippen LogP contribution in [-0.4, -0.2) is 19.4 Å². The first-order valence-electron chi connectivity index (χ1n) is 16.8. The first kappa shape index (κ1) is 27.5. The molecule has 0 saturated heterocycles. The number of nitrogens with zero attached hydrogens (tertiary/aromatic N) is 4. The van der Waals surface area contributed by atoms with E-state index in [0.29, 0.717) is 17.5 Å². The molecular weight excluding hydrogens is 629 g/mol. The van der Waals surface area contributed by atoms with Crippen molar-refractivity contribution < 1.29 is 0 Å². The Labute approximate surface area is 290 Å². The van der Waals surface area contributed by atoms with E-state index in [1.165, 1.54) is 63.8 Å². The van der Waals surface area contributed by atoms with Crippen LogP contribution in [0.3, 0.4) is 0 Å².